The number of alkyl halides is 2. The number of hydrogen-bond donors (Lipinski definition) is 0. The van der Waals surface area contributed by atoms with Crippen molar-refractivity contribution < 1.29 is 0 Å². The first-order chi connectivity index (χ1) is 12.8. The average molecular weight is 399 g/mol. The largest absolute Gasteiger partial charge is 0.122 e. The van der Waals surface area contributed by atoms with E-state index in [1.54, 1.807) is 0 Å². The Balaban J connectivity index is 2.35. The molecule has 0 atom stereocenters. The van der Waals surface area contributed by atoms with E-state index < -0.39 is 0 Å². The van der Waals surface area contributed by atoms with Crippen molar-refractivity contribution in [2.24, 2.45) is 0 Å². The Morgan fingerprint density at radius 1 is 0.500 bits per heavy atom. The van der Waals surface area contributed by atoms with Gasteiger partial charge in [-0.1, -0.05) is 90.2 Å². The van der Waals surface area contributed by atoms with Crippen molar-refractivity contribution in [3.8, 4) is 0 Å². The van der Waals surface area contributed by atoms with E-state index in [0.717, 1.165) is 12.8 Å². The van der Waals surface area contributed by atoms with Crippen molar-refractivity contribution in [2.45, 2.75) is 115 Å². The molecule has 0 amide bonds. The number of halogens is 2. The molecule has 1 rings (SSSR count). The van der Waals surface area contributed by atoms with Gasteiger partial charge in [-0.15, -0.1) is 23.2 Å². The van der Waals surface area contributed by atoms with Gasteiger partial charge in [0.25, 0.3) is 0 Å². The molecule has 1 aromatic carbocycles. The fourth-order valence-electron chi connectivity index (χ4n) is 3.68. The summed E-state index contributed by atoms with van der Waals surface area (Å²) in [6.07, 6.45) is 18.6. The molecule has 2 heteroatoms. The monoisotopic (exact) mass is 398 g/mol. The van der Waals surface area contributed by atoms with E-state index in [2.05, 4.69) is 26.0 Å². The maximum atomic E-state index is 6.23. The highest BCUT2D eigenvalue weighted by molar-refractivity contribution is 6.17. The predicted molar refractivity (Wildman–Crippen MR) is 120 cm³/mol. The maximum absolute atomic E-state index is 6.23. The van der Waals surface area contributed by atoms with Crippen LogP contribution >= 0.6 is 23.2 Å². The second-order valence-electron chi connectivity index (χ2n) is 7.69. The molecule has 0 radical (unpaired) electrons. The van der Waals surface area contributed by atoms with Crippen LogP contribution in [0, 0.1) is 0 Å². The van der Waals surface area contributed by atoms with Gasteiger partial charge in [0, 0.05) is 11.8 Å². The van der Waals surface area contributed by atoms with Gasteiger partial charge in [0.15, 0.2) is 0 Å². The second kappa shape index (κ2) is 15.8. The minimum Gasteiger partial charge on any atom is -0.122 e. The summed E-state index contributed by atoms with van der Waals surface area (Å²) in [7, 11) is 0. The standard InChI is InChI=1S/C24H40Cl2/c1-3-5-7-8-9-10-11-12-13-14-16-22-18-23(19-25)21(15-6-4-2)17-24(22)20-26/h17-18H,3-16,19-20H2,1-2H3. The number of hydrogen-bond acceptors (Lipinski definition) is 0. The van der Waals surface area contributed by atoms with E-state index in [0.29, 0.717) is 11.8 Å². The van der Waals surface area contributed by atoms with Gasteiger partial charge < -0.3 is 0 Å². The molecule has 0 aromatic heterocycles. The lowest BCUT2D eigenvalue weighted by atomic mass is 9.93. The highest BCUT2D eigenvalue weighted by atomic mass is 35.5. The van der Waals surface area contributed by atoms with Gasteiger partial charge in [-0.25, -0.2) is 0 Å². The van der Waals surface area contributed by atoms with Crippen LogP contribution in [0.5, 0.6) is 0 Å². The Morgan fingerprint density at radius 2 is 0.885 bits per heavy atom. The van der Waals surface area contributed by atoms with Gasteiger partial charge in [-0.3, -0.25) is 0 Å². The Labute approximate surface area is 173 Å². The number of rotatable bonds is 16. The zero-order valence-corrected chi connectivity index (χ0v) is 18.7. The van der Waals surface area contributed by atoms with E-state index >= 15 is 0 Å². The van der Waals surface area contributed by atoms with E-state index in [1.807, 2.05) is 0 Å². The van der Waals surface area contributed by atoms with Crippen molar-refractivity contribution in [3.63, 3.8) is 0 Å². The molecule has 0 spiro atoms. The first kappa shape index (κ1) is 23.8. The fourth-order valence-corrected chi connectivity index (χ4v) is 4.17. The molecular formula is C24H40Cl2. The molecule has 1 aromatic rings. The molecule has 0 saturated heterocycles. The summed E-state index contributed by atoms with van der Waals surface area (Å²) in [5.74, 6) is 1.24. The van der Waals surface area contributed by atoms with Gasteiger partial charge in [-0.05, 0) is 47.9 Å². The Kier molecular flexibility index (Phi) is 14.5. The van der Waals surface area contributed by atoms with Crippen LogP contribution in [0.3, 0.4) is 0 Å². The summed E-state index contributed by atoms with van der Waals surface area (Å²) in [6, 6.07) is 4.66. The van der Waals surface area contributed by atoms with Crippen molar-refractivity contribution >= 4 is 23.2 Å². The predicted octanol–water partition coefficient (Wildman–Crippen LogP) is 8.97. The van der Waals surface area contributed by atoms with E-state index in [-0.39, 0.29) is 0 Å². The minimum atomic E-state index is 0.618. The lowest BCUT2D eigenvalue weighted by Gasteiger charge is -2.14. The van der Waals surface area contributed by atoms with Crippen LogP contribution in [0.15, 0.2) is 12.1 Å². The van der Waals surface area contributed by atoms with Crippen LogP contribution in [-0.2, 0) is 24.6 Å². The summed E-state index contributed by atoms with van der Waals surface area (Å²) in [5.41, 5.74) is 5.47. The normalized spacial score (nSPS) is 11.2. The lowest BCUT2D eigenvalue weighted by Crippen LogP contribution is -2.00. The molecule has 0 aliphatic heterocycles. The third-order valence-corrected chi connectivity index (χ3v) is 5.98. The van der Waals surface area contributed by atoms with Crippen molar-refractivity contribution in [1.82, 2.24) is 0 Å². The van der Waals surface area contributed by atoms with Crippen LogP contribution < -0.4 is 0 Å². The fraction of sp³-hybridized carbons (Fsp3) is 0.750. The van der Waals surface area contributed by atoms with Gasteiger partial charge in [-0.2, -0.15) is 0 Å². The summed E-state index contributed by atoms with van der Waals surface area (Å²) < 4.78 is 0. The number of aryl methyl sites for hydroxylation is 2. The quantitative estimate of drug-likeness (QED) is 0.192. The van der Waals surface area contributed by atoms with Gasteiger partial charge in [0.05, 0.1) is 0 Å². The van der Waals surface area contributed by atoms with E-state index in [9.17, 15) is 0 Å². The first-order valence-corrected chi connectivity index (χ1v) is 12.1. The average Bonchev–Trinajstić information content (AvgIpc) is 2.67. The second-order valence-corrected chi connectivity index (χ2v) is 8.23. The summed E-state index contributed by atoms with van der Waals surface area (Å²) in [4.78, 5) is 0. The van der Waals surface area contributed by atoms with Crippen molar-refractivity contribution in [3.05, 3.63) is 34.4 Å². The van der Waals surface area contributed by atoms with Crippen LogP contribution in [0.25, 0.3) is 0 Å². The van der Waals surface area contributed by atoms with Gasteiger partial charge >= 0.3 is 0 Å². The molecule has 0 N–H and O–H groups in total. The summed E-state index contributed by atoms with van der Waals surface area (Å²) >= 11 is 12.4. The third-order valence-electron chi connectivity index (χ3n) is 5.41. The number of benzene rings is 1. The zero-order chi connectivity index (χ0) is 19.0. The molecule has 0 bridgehead atoms. The highest BCUT2D eigenvalue weighted by Gasteiger charge is 2.09. The molecule has 0 nitrogen and oxygen atoms in total. The Morgan fingerprint density at radius 3 is 1.31 bits per heavy atom. The van der Waals surface area contributed by atoms with Crippen molar-refractivity contribution in [1.29, 1.82) is 0 Å². The number of unbranched alkanes of at least 4 members (excludes halogenated alkanes) is 10. The van der Waals surface area contributed by atoms with Crippen LogP contribution in [-0.4, -0.2) is 0 Å². The zero-order valence-electron chi connectivity index (χ0n) is 17.2. The van der Waals surface area contributed by atoms with Gasteiger partial charge in [0.2, 0.25) is 0 Å². The third kappa shape index (κ3) is 9.65. The highest BCUT2D eigenvalue weighted by Crippen LogP contribution is 2.24. The van der Waals surface area contributed by atoms with E-state index in [1.165, 1.54) is 99.3 Å². The molecule has 0 aliphatic rings. The molecule has 26 heavy (non-hydrogen) atoms. The maximum Gasteiger partial charge on any atom is 0.0476 e. The Hall–Kier alpha value is -0.200. The minimum absolute atomic E-state index is 0.618. The molecule has 150 valence electrons. The molecule has 0 heterocycles. The molecular weight excluding hydrogens is 359 g/mol. The lowest BCUT2D eigenvalue weighted by molar-refractivity contribution is 0.556. The van der Waals surface area contributed by atoms with Crippen LogP contribution in [0.2, 0.25) is 0 Å². The van der Waals surface area contributed by atoms with Crippen LogP contribution in [0.4, 0.5) is 0 Å². The molecule has 0 aliphatic carbocycles. The Bertz CT molecular complexity index is 468. The van der Waals surface area contributed by atoms with E-state index in [4.69, 9.17) is 23.2 Å². The van der Waals surface area contributed by atoms with Crippen molar-refractivity contribution in [2.75, 3.05) is 0 Å². The van der Waals surface area contributed by atoms with Crippen LogP contribution in [0.1, 0.15) is 113 Å². The summed E-state index contributed by atoms with van der Waals surface area (Å²) in [6.45, 7) is 4.52. The molecule has 0 unspecified atom stereocenters. The topological polar surface area (TPSA) is 0 Å². The molecule has 0 saturated carbocycles. The SMILES string of the molecule is CCCCCCCCCCCCc1cc(CCl)c(CCCC)cc1CCl. The first-order valence-electron chi connectivity index (χ1n) is 11.0. The molecule has 0 fully saturated rings. The summed E-state index contributed by atoms with van der Waals surface area (Å²) in [5, 5.41) is 0. The smallest absolute Gasteiger partial charge is 0.0476 e. The van der Waals surface area contributed by atoms with Gasteiger partial charge in [0.1, 0.15) is 0 Å².